The summed E-state index contributed by atoms with van der Waals surface area (Å²) in [6.45, 7) is 4.84. The van der Waals surface area contributed by atoms with Gasteiger partial charge >= 0.3 is 0 Å². The molecule has 1 aromatic heterocycles. The van der Waals surface area contributed by atoms with Crippen LogP contribution in [0.2, 0.25) is 0 Å². The van der Waals surface area contributed by atoms with E-state index < -0.39 is 0 Å². The minimum Gasteiger partial charge on any atom is -0.311 e. The lowest BCUT2D eigenvalue weighted by Crippen LogP contribution is -2.17. The second-order valence-corrected chi connectivity index (χ2v) is 20.2. The summed E-state index contributed by atoms with van der Waals surface area (Å²) in [6.07, 6.45) is 0. The molecule has 2 heterocycles. The number of para-hydroxylation sites is 2. The minimum atomic E-state index is -0.151. The van der Waals surface area contributed by atoms with Crippen molar-refractivity contribution in [2.24, 2.45) is 0 Å². The van der Waals surface area contributed by atoms with Crippen LogP contribution in [-0.4, -0.2) is 4.57 Å². The monoisotopic (exact) mass is 892 g/mol. The quantitative estimate of drug-likeness (QED) is 0.158. The molecule has 4 heteroatoms. The molecule has 318 valence electrons. The number of rotatable bonds is 7. The first kappa shape index (κ1) is 39.8. The number of nitrogens with zero attached hydrogens (tertiary/aromatic N) is 2. The van der Waals surface area contributed by atoms with Crippen LogP contribution in [0, 0.1) is 0 Å². The maximum Gasteiger partial charge on any atom is 0.0544 e. The molecule has 0 amide bonds. The Kier molecular flexibility index (Phi) is 9.42. The van der Waals surface area contributed by atoms with Crippen LogP contribution < -0.4 is 4.90 Å². The highest BCUT2D eigenvalue weighted by atomic mass is 32.2. The lowest BCUT2D eigenvalue weighted by atomic mass is 9.82. The molecule has 0 bridgehead atoms. The third kappa shape index (κ3) is 6.66. The molecule has 0 N–H and O–H groups in total. The van der Waals surface area contributed by atoms with Gasteiger partial charge in [-0.2, -0.15) is 0 Å². The van der Waals surface area contributed by atoms with Crippen LogP contribution in [0.25, 0.3) is 72.0 Å². The molecule has 67 heavy (non-hydrogen) atoms. The van der Waals surface area contributed by atoms with Crippen LogP contribution >= 0.6 is 23.5 Å². The van der Waals surface area contributed by atoms with Gasteiger partial charge in [-0.25, -0.2) is 0 Å². The molecule has 10 aromatic carbocycles. The fourth-order valence-corrected chi connectivity index (χ4v) is 13.1. The van der Waals surface area contributed by atoms with Gasteiger partial charge in [-0.3, -0.25) is 0 Å². The van der Waals surface area contributed by atoms with Crippen molar-refractivity contribution < 1.29 is 0 Å². The molecule has 1 aliphatic heterocycles. The Hall–Kier alpha value is -7.50. The molecule has 0 atom stereocenters. The topological polar surface area (TPSA) is 8.17 Å². The van der Waals surface area contributed by atoms with Crippen LogP contribution in [0.5, 0.6) is 0 Å². The van der Waals surface area contributed by atoms with Gasteiger partial charge < -0.3 is 9.47 Å². The van der Waals surface area contributed by atoms with Crippen LogP contribution in [0.1, 0.15) is 25.0 Å². The number of hydrogen-bond acceptors (Lipinski definition) is 3. The molecule has 1 aliphatic carbocycles. The van der Waals surface area contributed by atoms with Crippen LogP contribution in [0.15, 0.2) is 250 Å². The van der Waals surface area contributed by atoms with E-state index in [2.05, 4.69) is 254 Å². The van der Waals surface area contributed by atoms with Crippen molar-refractivity contribution in [1.29, 1.82) is 0 Å². The molecule has 0 spiro atoms. The van der Waals surface area contributed by atoms with Crippen molar-refractivity contribution in [2.45, 2.75) is 38.8 Å². The predicted molar refractivity (Wildman–Crippen MR) is 284 cm³/mol. The molecule has 2 aliphatic rings. The van der Waals surface area contributed by atoms with E-state index in [0.29, 0.717) is 0 Å². The maximum absolute atomic E-state index is 2.49. The first-order chi connectivity index (χ1) is 33.0. The third-order valence-corrected chi connectivity index (χ3v) is 16.5. The van der Waals surface area contributed by atoms with E-state index in [1.54, 1.807) is 0 Å². The predicted octanol–water partition coefficient (Wildman–Crippen LogP) is 18.2. The van der Waals surface area contributed by atoms with Gasteiger partial charge in [0, 0.05) is 58.5 Å². The smallest absolute Gasteiger partial charge is 0.0544 e. The number of anilines is 3. The maximum atomic E-state index is 2.49. The third-order valence-electron chi connectivity index (χ3n) is 13.9. The van der Waals surface area contributed by atoms with Gasteiger partial charge in [-0.1, -0.05) is 183 Å². The second kappa shape index (κ2) is 15.8. The van der Waals surface area contributed by atoms with Gasteiger partial charge in [0.1, 0.15) is 0 Å². The Morgan fingerprint density at radius 2 is 0.866 bits per heavy atom. The molecule has 11 aromatic rings. The first-order valence-electron chi connectivity index (χ1n) is 23.0. The standard InChI is InChI=1S/C63H44N2S2/c1-63(2)55-40-57-54(39-53(55)52-37-38-60-62(61(52)63)67-59-20-12-11-19-58(59)66-60)51-17-9-10-18-56(51)65(57)50-35-29-46(30-36-50)43-23-21-42(22-24-43)45-27-33-49(34-28-45)64(47-15-7-4-8-16-47)48-31-25-44(26-32-48)41-13-5-3-6-14-41/h3-40H,1-2H3. The number of benzene rings is 10. The van der Waals surface area contributed by atoms with Crippen molar-refractivity contribution in [3.63, 3.8) is 0 Å². The second-order valence-electron chi connectivity index (χ2n) is 18.1. The first-order valence-corrected chi connectivity index (χ1v) is 24.6. The lowest BCUT2D eigenvalue weighted by Gasteiger charge is -2.28. The van der Waals surface area contributed by atoms with E-state index in [1.807, 2.05) is 23.5 Å². The highest BCUT2D eigenvalue weighted by molar-refractivity contribution is 8.05. The highest BCUT2D eigenvalue weighted by Gasteiger charge is 2.40. The van der Waals surface area contributed by atoms with E-state index in [9.17, 15) is 0 Å². The Morgan fingerprint density at radius 1 is 0.373 bits per heavy atom. The van der Waals surface area contributed by atoms with Gasteiger partial charge in [-0.15, -0.1) is 0 Å². The van der Waals surface area contributed by atoms with Crippen LogP contribution in [0.4, 0.5) is 17.1 Å². The summed E-state index contributed by atoms with van der Waals surface area (Å²) < 4.78 is 2.47. The van der Waals surface area contributed by atoms with E-state index in [-0.39, 0.29) is 5.41 Å². The summed E-state index contributed by atoms with van der Waals surface area (Å²) in [7, 11) is 0. The molecular formula is C63H44N2S2. The zero-order valence-corrected chi connectivity index (χ0v) is 38.8. The SMILES string of the molecule is CC1(C)c2cc3c(cc2-c2ccc4c(c21)Sc1ccccc1S4)c1ccccc1n3-c1ccc(-c2ccc(-c3ccc(N(c4ccccc4)c4ccc(-c5ccccc5)cc4)cc3)cc2)cc1. The summed E-state index contributed by atoms with van der Waals surface area (Å²) >= 11 is 3.85. The van der Waals surface area contributed by atoms with Crippen molar-refractivity contribution in [2.75, 3.05) is 4.90 Å². The average Bonchev–Trinajstić information content (AvgIpc) is 3.83. The van der Waals surface area contributed by atoms with Gasteiger partial charge in [0.2, 0.25) is 0 Å². The Bertz CT molecular complexity index is 3670. The van der Waals surface area contributed by atoms with Crippen molar-refractivity contribution in [3.8, 4) is 50.2 Å². The number of aromatic nitrogens is 1. The molecule has 13 rings (SSSR count). The number of fused-ring (bicyclic) bond motifs is 9. The van der Waals surface area contributed by atoms with Crippen LogP contribution in [-0.2, 0) is 5.41 Å². The van der Waals surface area contributed by atoms with Crippen molar-refractivity contribution >= 4 is 62.4 Å². The van der Waals surface area contributed by atoms with E-state index in [4.69, 9.17) is 0 Å². The molecule has 0 saturated heterocycles. The highest BCUT2D eigenvalue weighted by Crippen LogP contribution is 2.59. The average molecular weight is 893 g/mol. The minimum absolute atomic E-state index is 0.151. The largest absolute Gasteiger partial charge is 0.311 e. The summed E-state index contributed by atoms with van der Waals surface area (Å²) in [5, 5.41) is 2.57. The number of hydrogen-bond donors (Lipinski definition) is 0. The molecule has 0 unspecified atom stereocenters. The van der Waals surface area contributed by atoms with Crippen molar-refractivity contribution in [1.82, 2.24) is 4.57 Å². The summed E-state index contributed by atoms with van der Waals surface area (Å²) in [5.74, 6) is 0. The summed E-state index contributed by atoms with van der Waals surface area (Å²) in [4.78, 5) is 7.78. The molecule has 0 radical (unpaired) electrons. The van der Waals surface area contributed by atoms with Gasteiger partial charge in [0.25, 0.3) is 0 Å². The molecular weight excluding hydrogens is 849 g/mol. The fourth-order valence-electron chi connectivity index (χ4n) is 10.5. The molecule has 2 nitrogen and oxygen atoms in total. The van der Waals surface area contributed by atoms with Crippen molar-refractivity contribution in [3.05, 3.63) is 242 Å². The van der Waals surface area contributed by atoms with Gasteiger partial charge in [0.15, 0.2) is 0 Å². The van der Waals surface area contributed by atoms with E-state index >= 15 is 0 Å². The molecule has 0 saturated carbocycles. The summed E-state index contributed by atoms with van der Waals surface area (Å²) in [5.41, 5.74) is 19.6. The summed E-state index contributed by atoms with van der Waals surface area (Å²) in [6, 6.07) is 84.5. The fraction of sp³-hybridized carbons (Fsp3) is 0.0476. The lowest BCUT2D eigenvalue weighted by molar-refractivity contribution is 0.643. The Morgan fingerprint density at radius 3 is 1.49 bits per heavy atom. The normalized spacial score (nSPS) is 13.2. The Balaban J connectivity index is 0.793. The molecule has 0 fully saturated rings. The Labute approximate surface area is 400 Å². The zero-order valence-electron chi connectivity index (χ0n) is 37.2. The van der Waals surface area contributed by atoms with Gasteiger partial charge in [0.05, 0.1) is 11.0 Å². The van der Waals surface area contributed by atoms with E-state index in [0.717, 1.165) is 22.7 Å². The zero-order chi connectivity index (χ0) is 44.6. The van der Waals surface area contributed by atoms with Crippen LogP contribution in [0.3, 0.4) is 0 Å². The van der Waals surface area contributed by atoms with E-state index in [1.165, 1.54) is 97.0 Å². The van der Waals surface area contributed by atoms with Gasteiger partial charge in [-0.05, 0) is 141 Å².